The van der Waals surface area contributed by atoms with Gasteiger partial charge in [-0.25, -0.2) is 0 Å². The lowest BCUT2D eigenvalue weighted by atomic mass is 9.99. The first-order valence-electron chi connectivity index (χ1n) is 7.02. The lowest BCUT2D eigenvalue weighted by molar-refractivity contribution is -0.387. The predicted molar refractivity (Wildman–Crippen MR) is 75.1 cm³/mol. The minimum absolute atomic E-state index is 0.126. The van der Waals surface area contributed by atoms with Crippen molar-refractivity contribution < 1.29 is 9.31 Å². The molecule has 0 aromatic heterocycles. The Balaban J connectivity index is 2.28. The van der Waals surface area contributed by atoms with Crippen LogP contribution in [0.1, 0.15) is 31.4 Å². The van der Waals surface area contributed by atoms with Crippen LogP contribution in [0.15, 0.2) is 18.2 Å². The molecular formula is C14H20FN3O2. The number of nitrogens with one attached hydrogen (secondary N) is 1. The molecule has 1 aromatic rings. The summed E-state index contributed by atoms with van der Waals surface area (Å²) < 4.78 is 13.4. The molecule has 2 rings (SSSR count). The summed E-state index contributed by atoms with van der Waals surface area (Å²) in [6, 6.07) is 4.39. The van der Waals surface area contributed by atoms with E-state index in [0.29, 0.717) is 0 Å². The molecule has 0 bridgehead atoms. The molecule has 1 N–H and O–H groups in total. The first-order chi connectivity index (χ1) is 9.63. The minimum atomic E-state index is -0.769. The summed E-state index contributed by atoms with van der Waals surface area (Å²) in [5.41, 5.74) is 0.403. The molecular weight excluding hydrogens is 261 g/mol. The Morgan fingerprint density at radius 3 is 2.75 bits per heavy atom. The van der Waals surface area contributed by atoms with Crippen molar-refractivity contribution in [2.45, 2.75) is 25.8 Å². The lowest BCUT2D eigenvalue weighted by Crippen LogP contribution is -2.45. The second kappa shape index (κ2) is 6.76. The van der Waals surface area contributed by atoms with Crippen molar-refractivity contribution in [3.63, 3.8) is 0 Å². The van der Waals surface area contributed by atoms with Gasteiger partial charge in [-0.3, -0.25) is 15.0 Å². The van der Waals surface area contributed by atoms with Crippen molar-refractivity contribution in [3.05, 3.63) is 39.7 Å². The summed E-state index contributed by atoms with van der Waals surface area (Å²) in [7, 11) is 0. The van der Waals surface area contributed by atoms with Crippen LogP contribution in [0, 0.1) is 15.9 Å². The number of hydrogen-bond donors (Lipinski definition) is 1. The van der Waals surface area contributed by atoms with E-state index in [1.165, 1.54) is 12.1 Å². The molecule has 0 amide bonds. The highest BCUT2D eigenvalue weighted by Gasteiger charge is 2.24. The third-order valence-electron chi connectivity index (χ3n) is 3.71. The molecule has 1 saturated heterocycles. The maximum atomic E-state index is 13.4. The van der Waals surface area contributed by atoms with Crippen LogP contribution in [0.3, 0.4) is 0 Å². The smallest absolute Gasteiger partial charge is 0.305 e. The van der Waals surface area contributed by atoms with Crippen molar-refractivity contribution in [3.8, 4) is 0 Å². The highest BCUT2D eigenvalue weighted by molar-refractivity contribution is 5.37. The zero-order chi connectivity index (χ0) is 14.5. The largest absolute Gasteiger partial charge is 0.314 e. The standard InChI is InChI=1S/C14H20FN3O2/c1-2-3-13(17-8-6-16-7-9-17)11-4-5-12(15)14(10-11)18(19)20/h4-5,10,13,16H,2-3,6-9H2,1H3/t13-/m0/s1. The summed E-state index contributed by atoms with van der Waals surface area (Å²) >= 11 is 0. The van der Waals surface area contributed by atoms with Crippen LogP contribution in [0.2, 0.25) is 0 Å². The summed E-state index contributed by atoms with van der Waals surface area (Å²) in [6.45, 7) is 5.76. The van der Waals surface area contributed by atoms with Gasteiger partial charge in [-0.2, -0.15) is 4.39 Å². The average molecular weight is 281 g/mol. The fraction of sp³-hybridized carbons (Fsp3) is 0.571. The molecule has 110 valence electrons. The molecule has 0 radical (unpaired) electrons. The zero-order valence-corrected chi connectivity index (χ0v) is 11.6. The Hall–Kier alpha value is -1.53. The quantitative estimate of drug-likeness (QED) is 0.665. The van der Waals surface area contributed by atoms with Gasteiger partial charge in [-0.15, -0.1) is 0 Å². The van der Waals surface area contributed by atoms with Crippen LogP contribution < -0.4 is 5.32 Å². The highest BCUT2D eigenvalue weighted by Crippen LogP contribution is 2.29. The van der Waals surface area contributed by atoms with Crippen molar-refractivity contribution in [1.29, 1.82) is 0 Å². The lowest BCUT2D eigenvalue weighted by Gasteiger charge is -2.35. The van der Waals surface area contributed by atoms with E-state index in [2.05, 4.69) is 17.1 Å². The van der Waals surface area contributed by atoms with E-state index >= 15 is 0 Å². The Kier molecular flexibility index (Phi) is 5.03. The fourth-order valence-electron chi connectivity index (χ4n) is 2.70. The van der Waals surface area contributed by atoms with E-state index in [1.807, 2.05) is 0 Å². The van der Waals surface area contributed by atoms with Gasteiger partial charge in [-0.1, -0.05) is 19.4 Å². The van der Waals surface area contributed by atoms with Crippen LogP contribution in [-0.2, 0) is 0 Å². The SMILES string of the molecule is CCC[C@@H](c1ccc(F)c([N+](=O)[O-])c1)N1CCNCC1. The molecule has 0 unspecified atom stereocenters. The van der Waals surface area contributed by atoms with Gasteiger partial charge in [0.1, 0.15) is 0 Å². The second-order valence-corrected chi connectivity index (χ2v) is 5.06. The molecule has 1 aliphatic heterocycles. The summed E-state index contributed by atoms with van der Waals surface area (Å²) in [5, 5.41) is 14.2. The number of rotatable bonds is 5. The van der Waals surface area contributed by atoms with E-state index in [1.54, 1.807) is 6.07 Å². The first kappa shape index (κ1) is 14.9. The van der Waals surface area contributed by atoms with Gasteiger partial charge in [-0.05, 0) is 18.1 Å². The van der Waals surface area contributed by atoms with E-state index in [-0.39, 0.29) is 6.04 Å². The Bertz CT molecular complexity index is 475. The number of piperazine rings is 1. The number of benzene rings is 1. The number of nitro groups is 1. The summed E-state index contributed by atoms with van der Waals surface area (Å²) in [5.74, 6) is -0.769. The van der Waals surface area contributed by atoms with Crippen molar-refractivity contribution in [2.24, 2.45) is 0 Å². The number of halogens is 1. The predicted octanol–water partition coefficient (Wildman–Crippen LogP) is 2.48. The van der Waals surface area contributed by atoms with Crippen molar-refractivity contribution in [1.82, 2.24) is 10.2 Å². The molecule has 1 fully saturated rings. The van der Waals surface area contributed by atoms with Gasteiger partial charge in [0.25, 0.3) is 0 Å². The first-order valence-corrected chi connectivity index (χ1v) is 7.02. The average Bonchev–Trinajstić information content (AvgIpc) is 2.46. The maximum absolute atomic E-state index is 13.4. The molecule has 5 nitrogen and oxygen atoms in total. The van der Waals surface area contributed by atoms with Crippen molar-refractivity contribution >= 4 is 5.69 Å². The Morgan fingerprint density at radius 1 is 1.45 bits per heavy atom. The number of nitrogens with zero attached hydrogens (tertiary/aromatic N) is 2. The molecule has 6 heteroatoms. The molecule has 1 aliphatic rings. The van der Waals surface area contributed by atoms with Gasteiger partial charge < -0.3 is 5.32 Å². The monoisotopic (exact) mass is 281 g/mol. The van der Waals surface area contributed by atoms with E-state index in [4.69, 9.17) is 0 Å². The third kappa shape index (κ3) is 3.32. The normalized spacial score (nSPS) is 17.9. The molecule has 20 heavy (non-hydrogen) atoms. The van der Waals surface area contributed by atoms with Crippen LogP contribution >= 0.6 is 0 Å². The molecule has 0 spiro atoms. The van der Waals surface area contributed by atoms with E-state index in [0.717, 1.165) is 44.6 Å². The van der Waals surface area contributed by atoms with Gasteiger partial charge >= 0.3 is 5.69 Å². The van der Waals surface area contributed by atoms with Gasteiger partial charge in [0.05, 0.1) is 4.92 Å². The van der Waals surface area contributed by atoms with Gasteiger partial charge in [0, 0.05) is 38.3 Å². The molecule has 1 aromatic carbocycles. The van der Waals surface area contributed by atoms with Gasteiger partial charge in [0.15, 0.2) is 0 Å². The fourth-order valence-corrected chi connectivity index (χ4v) is 2.70. The van der Waals surface area contributed by atoms with Crippen molar-refractivity contribution in [2.75, 3.05) is 26.2 Å². The van der Waals surface area contributed by atoms with E-state index < -0.39 is 16.4 Å². The van der Waals surface area contributed by atoms with Crippen LogP contribution in [-0.4, -0.2) is 36.0 Å². The Morgan fingerprint density at radius 2 is 2.15 bits per heavy atom. The zero-order valence-electron chi connectivity index (χ0n) is 11.6. The summed E-state index contributed by atoms with van der Waals surface area (Å²) in [6.07, 6.45) is 1.91. The minimum Gasteiger partial charge on any atom is -0.314 e. The number of nitro benzene ring substituents is 1. The molecule has 1 atom stereocenters. The summed E-state index contributed by atoms with van der Waals surface area (Å²) in [4.78, 5) is 12.5. The topological polar surface area (TPSA) is 58.4 Å². The maximum Gasteiger partial charge on any atom is 0.305 e. The molecule has 0 aliphatic carbocycles. The third-order valence-corrected chi connectivity index (χ3v) is 3.71. The van der Waals surface area contributed by atoms with Crippen LogP contribution in [0.5, 0.6) is 0 Å². The second-order valence-electron chi connectivity index (χ2n) is 5.06. The van der Waals surface area contributed by atoms with Crippen LogP contribution in [0.4, 0.5) is 10.1 Å². The van der Waals surface area contributed by atoms with Crippen LogP contribution in [0.25, 0.3) is 0 Å². The van der Waals surface area contributed by atoms with Gasteiger partial charge in [0.2, 0.25) is 5.82 Å². The van der Waals surface area contributed by atoms with E-state index in [9.17, 15) is 14.5 Å². The number of hydrogen-bond acceptors (Lipinski definition) is 4. The highest BCUT2D eigenvalue weighted by atomic mass is 19.1. The Labute approximate surface area is 117 Å². The molecule has 1 heterocycles. The molecule has 0 saturated carbocycles.